The van der Waals surface area contributed by atoms with E-state index < -0.39 is 17.7 Å². The van der Waals surface area contributed by atoms with Crippen LogP contribution in [0.2, 0.25) is 0 Å². The number of imide groups is 1. The Kier molecular flexibility index (Phi) is 4.82. The van der Waals surface area contributed by atoms with Gasteiger partial charge in [0.05, 0.1) is 6.54 Å². The number of para-hydroxylation sites is 2. The summed E-state index contributed by atoms with van der Waals surface area (Å²) in [6, 6.07) is 26.1. The lowest BCUT2D eigenvalue weighted by Crippen LogP contribution is -2.47. The summed E-state index contributed by atoms with van der Waals surface area (Å²) in [6.45, 7) is 0.382. The average molecular weight is 414 g/mol. The van der Waals surface area contributed by atoms with E-state index in [1.807, 2.05) is 84.9 Å². The Hall–Kier alpha value is -3.80. The highest BCUT2D eigenvalue weighted by Gasteiger charge is 2.53. The van der Waals surface area contributed by atoms with Gasteiger partial charge in [0, 0.05) is 6.42 Å². The molecule has 0 aromatic heterocycles. The van der Waals surface area contributed by atoms with Gasteiger partial charge >= 0.3 is 6.03 Å². The van der Waals surface area contributed by atoms with Crippen LogP contribution in [0.25, 0.3) is 0 Å². The molecule has 2 heterocycles. The van der Waals surface area contributed by atoms with Crippen molar-refractivity contribution >= 4 is 11.9 Å². The molecule has 6 nitrogen and oxygen atoms in total. The van der Waals surface area contributed by atoms with E-state index in [0.717, 1.165) is 11.1 Å². The molecule has 0 spiro atoms. The van der Waals surface area contributed by atoms with Crippen LogP contribution in [0.1, 0.15) is 11.1 Å². The molecule has 2 aliphatic heterocycles. The quantitative estimate of drug-likeness (QED) is 0.649. The fourth-order valence-corrected chi connectivity index (χ4v) is 4.19. The molecule has 1 fully saturated rings. The Balaban J connectivity index is 1.43. The Morgan fingerprint density at radius 3 is 2.26 bits per heavy atom. The molecule has 0 radical (unpaired) electrons. The molecule has 156 valence electrons. The normalized spacial score (nSPS) is 22.3. The summed E-state index contributed by atoms with van der Waals surface area (Å²) in [5.41, 5.74) is 0.562. The van der Waals surface area contributed by atoms with Crippen LogP contribution in [0.15, 0.2) is 84.9 Å². The average Bonchev–Trinajstić information content (AvgIpc) is 3.05. The van der Waals surface area contributed by atoms with Gasteiger partial charge in [0.25, 0.3) is 5.91 Å². The third-order valence-electron chi connectivity index (χ3n) is 5.71. The van der Waals surface area contributed by atoms with Crippen LogP contribution in [0.5, 0.6) is 11.5 Å². The van der Waals surface area contributed by atoms with Crippen LogP contribution in [-0.2, 0) is 16.8 Å². The van der Waals surface area contributed by atoms with Crippen LogP contribution in [0.3, 0.4) is 0 Å². The molecular weight excluding hydrogens is 392 g/mol. The van der Waals surface area contributed by atoms with Gasteiger partial charge in [-0.05, 0) is 23.3 Å². The van der Waals surface area contributed by atoms with Gasteiger partial charge in [0.1, 0.15) is 6.61 Å². The number of benzene rings is 3. The Labute approximate surface area is 180 Å². The SMILES string of the molecule is O=C1N[C@@](Cc2ccccc2)(c2ccccc2)C(=O)N1C[C@H]1COc2ccccc2O1. The van der Waals surface area contributed by atoms with Gasteiger partial charge in [0.15, 0.2) is 23.1 Å². The molecule has 6 heteroatoms. The highest BCUT2D eigenvalue weighted by Crippen LogP contribution is 2.35. The third kappa shape index (κ3) is 3.50. The van der Waals surface area contributed by atoms with E-state index in [-0.39, 0.29) is 19.1 Å². The van der Waals surface area contributed by atoms with Gasteiger partial charge in [-0.3, -0.25) is 9.69 Å². The zero-order valence-corrected chi connectivity index (χ0v) is 16.9. The van der Waals surface area contributed by atoms with Crippen molar-refractivity contribution in [3.05, 3.63) is 96.1 Å². The lowest BCUT2D eigenvalue weighted by molar-refractivity contribution is -0.132. The van der Waals surface area contributed by atoms with Crippen molar-refractivity contribution in [3.63, 3.8) is 0 Å². The minimum atomic E-state index is -1.16. The fraction of sp³-hybridized carbons (Fsp3) is 0.200. The molecule has 31 heavy (non-hydrogen) atoms. The standard InChI is InChI=1S/C25H22N2O4/c28-23-25(19-11-5-2-6-12-19,15-18-9-3-1-4-10-18)26-24(29)27(23)16-20-17-30-21-13-7-8-14-22(21)31-20/h1-14,20H,15-17H2,(H,26,29)/t20-,25-/m0/s1. The number of carbonyl (C=O) groups is 2. The molecule has 0 bridgehead atoms. The second kappa shape index (κ2) is 7.80. The van der Waals surface area contributed by atoms with Crippen LogP contribution >= 0.6 is 0 Å². The van der Waals surface area contributed by atoms with Crippen LogP contribution in [0, 0.1) is 0 Å². The summed E-state index contributed by atoms with van der Waals surface area (Å²) in [4.78, 5) is 27.9. The summed E-state index contributed by atoms with van der Waals surface area (Å²) in [5.74, 6) is 0.998. The third-order valence-corrected chi connectivity index (χ3v) is 5.71. The molecule has 0 unspecified atom stereocenters. The molecule has 5 rings (SSSR count). The number of urea groups is 1. The van der Waals surface area contributed by atoms with E-state index >= 15 is 0 Å². The van der Waals surface area contributed by atoms with E-state index in [2.05, 4.69) is 5.32 Å². The lowest BCUT2D eigenvalue weighted by Gasteiger charge is -2.30. The van der Waals surface area contributed by atoms with Gasteiger partial charge in [-0.25, -0.2) is 4.79 Å². The number of carbonyl (C=O) groups excluding carboxylic acids is 2. The van der Waals surface area contributed by atoms with Crippen molar-refractivity contribution in [1.29, 1.82) is 0 Å². The minimum absolute atomic E-state index is 0.113. The number of nitrogens with one attached hydrogen (secondary N) is 1. The number of nitrogens with zero attached hydrogens (tertiary/aromatic N) is 1. The number of hydrogen-bond acceptors (Lipinski definition) is 4. The van der Waals surface area contributed by atoms with E-state index in [9.17, 15) is 9.59 Å². The zero-order valence-electron chi connectivity index (χ0n) is 16.9. The first-order valence-electron chi connectivity index (χ1n) is 10.3. The van der Waals surface area contributed by atoms with E-state index in [1.165, 1.54) is 4.90 Å². The van der Waals surface area contributed by atoms with Crippen molar-refractivity contribution < 1.29 is 19.1 Å². The molecule has 3 aromatic carbocycles. The van der Waals surface area contributed by atoms with E-state index in [4.69, 9.17) is 9.47 Å². The van der Waals surface area contributed by atoms with Crippen molar-refractivity contribution in [1.82, 2.24) is 10.2 Å². The first-order valence-corrected chi connectivity index (χ1v) is 10.3. The Morgan fingerprint density at radius 2 is 1.52 bits per heavy atom. The number of fused-ring (bicyclic) bond motifs is 1. The topological polar surface area (TPSA) is 67.9 Å². The van der Waals surface area contributed by atoms with E-state index in [1.54, 1.807) is 0 Å². The van der Waals surface area contributed by atoms with Gasteiger partial charge in [-0.1, -0.05) is 72.8 Å². The van der Waals surface area contributed by atoms with Crippen molar-refractivity contribution in [2.75, 3.05) is 13.2 Å². The number of amides is 3. The lowest BCUT2D eigenvalue weighted by atomic mass is 9.83. The number of ether oxygens (including phenoxy) is 2. The van der Waals surface area contributed by atoms with Crippen LogP contribution in [0.4, 0.5) is 4.79 Å². The minimum Gasteiger partial charge on any atom is -0.486 e. The summed E-state index contributed by atoms with van der Waals surface area (Å²) >= 11 is 0. The van der Waals surface area contributed by atoms with Gasteiger partial charge in [-0.15, -0.1) is 0 Å². The predicted molar refractivity (Wildman–Crippen MR) is 115 cm³/mol. The number of rotatable bonds is 5. The van der Waals surface area contributed by atoms with Crippen molar-refractivity contribution in [3.8, 4) is 11.5 Å². The van der Waals surface area contributed by atoms with Crippen LogP contribution in [-0.4, -0.2) is 36.1 Å². The molecule has 2 aliphatic rings. The Morgan fingerprint density at radius 1 is 0.871 bits per heavy atom. The second-order valence-electron chi connectivity index (χ2n) is 7.78. The molecule has 2 atom stereocenters. The maximum absolute atomic E-state index is 13.7. The van der Waals surface area contributed by atoms with Crippen molar-refractivity contribution in [2.24, 2.45) is 0 Å². The largest absolute Gasteiger partial charge is 0.486 e. The van der Waals surface area contributed by atoms with E-state index in [0.29, 0.717) is 17.9 Å². The summed E-state index contributed by atoms with van der Waals surface area (Å²) in [6.07, 6.45) is -0.0723. The summed E-state index contributed by atoms with van der Waals surface area (Å²) in [7, 11) is 0. The number of hydrogen-bond donors (Lipinski definition) is 1. The first kappa shape index (κ1) is 19.2. The smallest absolute Gasteiger partial charge is 0.325 e. The molecular formula is C25H22N2O4. The Bertz CT molecular complexity index is 1100. The fourth-order valence-electron chi connectivity index (χ4n) is 4.19. The molecule has 3 amide bonds. The highest BCUT2D eigenvalue weighted by atomic mass is 16.6. The van der Waals surface area contributed by atoms with Gasteiger partial charge in [-0.2, -0.15) is 0 Å². The first-order chi connectivity index (χ1) is 15.2. The van der Waals surface area contributed by atoms with Crippen LogP contribution < -0.4 is 14.8 Å². The van der Waals surface area contributed by atoms with Gasteiger partial charge < -0.3 is 14.8 Å². The zero-order chi connectivity index (χ0) is 21.3. The molecule has 0 saturated carbocycles. The monoisotopic (exact) mass is 414 g/mol. The summed E-state index contributed by atoms with van der Waals surface area (Å²) in [5, 5.41) is 2.98. The maximum Gasteiger partial charge on any atom is 0.325 e. The van der Waals surface area contributed by atoms with Crippen molar-refractivity contribution in [2.45, 2.75) is 18.1 Å². The second-order valence-corrected chi connectivity index (χ2v) is 7.78. The molecule has 0 aliphatic carbocycles. The molecule has 3 aromatic rings. The molecule has 1 saturated heterocycles. The van der Waals surface area contributed by atoms with Gasteiger partial charge in [0.2, 0.25) is 0 Å². The summed E-state index contributed by atoms with van der Waals surface area (Å²) < 4.78 is 11.7. The highest BCUT2D eigenvalue weighted by molar-refractivity contribution is 6.07. The maximum atomic E-state index is 13.7. The molecule has 1 N–H and O–H groups in total. The predicted octanol–water partition coefficient (Wildman–Crippen LogP) is 3.52.